The minimum atomic E-state index is -0.939. The number of carboxylic acid groups (broad SMARTS) is 1. The maximum atomic E-state index is 13.4. The molecule has 4 aliphatic carbocycles. The van der Waals surface area contributed by atoms with E-state index >= 15 is 0 Å². The number of carboxylic acids is 1. The summed E-state index contributed by atoms with van der Waals surface area (Å²) in [5.74, 6) is 1.86. The minimum absolute atomic E-state index is 0.0518. The van der Waals surface area contributed by atoms with E-state index in [1.165, 1.54) is 25.5 Å². The zero-order chi connectivity index (χ0) is 17.9. The van der Waals surface area contributed by atoms with Gasteiger partial charge in [-0.15, -0.1) is 0 Å². The van der Waals surface area contributed by atoms with Crippen LogP contribution in [0.15, 0.2) is 12.4 Å². The first-order valence-corrected chi connectivity index (χ1v) is 10.1. The first-order valence-electron chi connectivity index (χ1n) is 10.1. The van der Waals surface area contributed by atoms with E-state index in [1.807, 2.05) is 0 Å². The second-order valence-corrected chi connectivity index (χ2v) is 9.24. The minimum Gasteiger partial charge on any atom is -0.478 e. The molecule has 26 heavy (non-hydrogen) atoms. The summed E-state index contributed by atoms with van der Waals surface area (Å²) < 4.78 is 1.77. The Kier molecular flexibility index (Phi) is 3.66. The van der Waals surface area contributed by atoms with Crippen LogP contribution in [0.4, 0.5) is 0 Å². The van der Waals surface area contributed by atoms with Crippen molar-refractivity contribution in [1.29, 1.82) is 0 Å². The number of hydrogen-bond acceptors (Lipinski definition) is 3. The van der Waals surface area contributed by atoms with Crippen LogP contribution >= 0.6 is 0 Å². The van der Waals surface area contributed by atoms with Crippen LogP contribution in [0, 0.1) is 23.2 Å². The van der Waals surface area contributed by atoms with Gasteiger partial charge >= 0.3 is 5.97 Å². The molecule has 6 nitrogen and oxygen atoms in total. The molecular weight excluding hydrogens is 330 g/mol. The summed E-state index contributed by atoms with van der Waals surface area (Å²) in [6, 6.07) is 0.198. The molecule has 0 atom stereocenters. The second kappa shape index (κ2) is 5.83. The van der Waals surface area contributed by atoms with Crippen LogP contribution in [0.5, 0.6) is 0 Å². The molecule has 1 N–H and O–H groups in total. The summed E-state index contributed by atoms with van der Waals surface area (Å²) in [5.41, 5.74) is 0.182. The summed E-state index contributed by atoms with van der Waals surface area (Å²) in [6.07, 6.45) is 12.2. The maximum Gasteiger partial charge on any atom is 0.338 e. The van der Waals surface area contributed by atoms with Crippen molar-refractivity contribution in [3.63, 3.8) is 0 Å². The summed E-state index contributed by atoms with van der Waals surface area (Å²) in [5, 5.41) is 13.3. The molecule has 0 unspecified atom stereocenters. The highest BCUT2D eigenvalue weighted by Gasteiger charge is 2.55. The molecule has 4 bridgehead atoms. The third kappa shape index (κ3) is 2.57. The number of aromatic nitrogens is 2. The van der Waals surface area contributed by atoms with Crippen LogP contribution in [-0.2, 0) is 4.79 Å². The number of amides is 1. The highest BCUT2D eigenvalue weighted by Crippen LogP contribution is 2.60. The zero-order valence-electron chi connectivity index (χ0n) is 15.1. The van der Waals surface area contributed by atoms with E-state index in [2.05, 4.69) is 10.00 Å². The molecule has 5 aliphatic rings. The molecule has 6 rings (SSSR count). The van der Waals surface area contributed by atoms with E-state index in [0.29, 0.717) is 5.91 Å². The lowest BCUT2D eigenvalue weighted by Gasteiger charge is -2.57. The molecule has 0 radical (unpaired) electrons. The quantitative estimate of drug-likeness (QED) is 0.902. The molecule has 0 spiro atoms. The lowest BCUT2D eigenvalue weighted by atomic mass is 9.49. The van der Waals surface area contributed by atoms with Crippen molar-refractivity contribution >= 4 is 11.9 Å². The number of carbonyl (C=O) groups excluding carboxylic acids is 1. The summed E-state index contributed by atoms with van der Waals surface area (Å²) in [4.78, 5) is 26.6. The molecule has 1 aliphatic heterocycles. The number of rotatable bonds is 3. The van der Waals surface area contributed by atoms with Gasteiger partial charge in [0.05, 0.1) is 23.2 Å². The summed E-state index contributed by atoms with van der Waals surface area (Å²) in [7, 11) is 0. The van der Waals surface area contributed by atoms with E-state index in [0.717, 1.165) is 62.9 Å². The van der Waals surface area contributed by atoms with E-state index < -0.39 is 5.97 Å². The number of hydrogen-bond donors (Lipinski definition) is 1. The fourth-order valence-electron chi connectivity index (χ4n) is 6.69. The normalized spacial score (nSPS) is 36.5. The Labute approximate surface area is 153 Å². The van der Waals surface area contributed by atoms with Crippen molar-refractivity contribution in [2.45, 2.75) is 57.4 Å². The van der Waals surface area contributed by atoms with Gasteiger partial charge in [-0.1, -0.05) is 0 Å². The average molecular weight is 357 g/mol. The van der Waals surface area contributed by atoms with Crippen LogP contribution in [0.2, 0.25) is 0 Å². The summed E-state index contributed by atoms with van der Waals surface area (Å²) in [6.45, 7) is 1.54. The summed E-state index contributed by atoms with van der Waals surface area (Å²) >= 11 is 0. The van der Waals surface area contributed by atoms with Crippen molar-refractivity contribution in [3.8, 4) is 0 Å². The lowest BCUT2D eigenvalue weighted by Crippen LogP contribution is -2.55. The number of piperidine rings is 1. The molecule has 1 amide bonds. The fraction of sp³-hybridized carbons (Fsp3) is 0.750. The highest BCUT2D eigenvalue weighted by molar-refractivity contribution is 5.86. The van der Waals surface area contributed by atoms with Crippen molar-refractivity contribution in [2.75, 3.05) is 13.1 Å². The number of nitrogens with zero attached hydrogens (tertiary/aromatic N) is 3. The van der Waals surface area contributed by atoms with Gasteiger partial charge in [0.25, 0.3) is 0 Å². The van der Waals surface area contributed by atoms with Crippen molar-refractivity contribution in [2.24, 2.45) is 23.2 Å². The van der Waals surface area contributed by atoms with E-state index in [1.54, 1.807) is 10.9 Å². The molecule has 0 aromatic carbocycles. The van der Waals surface area contributed by atoms with E-state index in [-0.39, 0.29) is 17.0 Å². The van der Waals surface area contributed by atoms with Crippen LogP contribution < -0.4 is 0 Å². The molecular formula is C20H27N3O3. The Morgan fingerprint density at radius 2 is 1.62 bits per heavy atom. The number of aromatic carboxylic acids is 1. The Bertz CT molecular complexity index is 697. The largest absolute Gasteiger partial charge is 0.478 e. The van der Waals surface area contributed by atoms with Gasteiger partial charge in [0.1, 0.15) is 0 Å². The molecule has 140 valence electrons. The Morgan fingerprint density at radius 1 is 1.04 bits per heavy atom. The van der Waals surface area contributed by atoms with E-state index in [4.69, 9.17) is 5.11 Å². The van der Waals surface area contributed by atoms with E-state index in [9.17, 15) is 9.59 Å². The number of carbonyl (C=O) groups is 2. The second-order valence-electron chi connectivity index (χ2n) is 9.24. The van der Waals surface area contributed by atoms with Gasteiger partial charge < -0.3 is 10.0 Å². The van der Waals surface area contributed by atoms with Crippen molar-refractivity contribution in [1.82, 2.24) is 14.7 Å². The highest BCUT2D eigenvalue weighted by atomic mass is 16.4. The van der Waals surface area contributed by atoms with Crippen molar-refractivity contribution in [3.05, 3.63) is 18.0 Å². The third-order valence-corrected chi connectivity index (χ3v) is 7.47. The Balaban J connectivity index is 1.25. The van der Waals surface area contributed by atoms with Crippen LogP contribution in [0.3, 0.4) is 0 Å². The monoisotopic (exact) mass is 357 g/mol. The molecule has 1 aromatic rings. The predicted molar refractivity (Wildman–Crippen MR) is 94.6 cm³/mol. The molecule has 5 fully saturated rings. The van der Waals surface area contributed by atoms with Crippen LogP contribution in [-0.4, -0.2) is 44.8 Å². The Hall–Kier alpha value is -1.85. The predicted octanol–water partition coefficient (Wildman–Crippen LogP) is 2.96. The van der Waals surface area contributed by atoms with Crippen molar-refractivity contribution < 1.29 is 14.7 Å². The molecule has 4 saturated carbocycles. The SMILES string of the molecule is O=C(O)c1cnn(C2CCN(C(=O)C34CC5CC(CC(C5)C3)C4)CC2)c1. The maximum absolute atomic E-state index is 13.4. The van der Waals surface area contributed by atoms with Gasteiger partial charge in [0.2, 0.25) is 5.91 Å². The van der Waals surface area contributed by atoms with Crippen LogP contribution in [0.25, 0.3) is 0 Å². The Morgan fingerprint density at radius 3 is 2.12 bits per heavy atom. The third-order valence-electron chi connectivity index (χ3n) is 7.47. The smallest absolute Gasteiger partial charge is 0.338 e. The van der Waals surface area contributed by atoms with Gasteiger partial charge in [0, 0.05) is 19.3 Å². The first-order chi connectivity index (χ1) is 12.5. The lowest BCUT2D eigenvalue weighted by molar-refractivity contribution is -0.159. The first kappa shape index (κ1) is 16.3. The van der Waals surface area contributed by atoms with Gasteiger partial charge in [-0.25, -0.2) is 4.79 Å². The molecule has 1 saturated heterocycles. The fourth-order valence-corrected chi connectivity index (χ4v) is 6.69. The van der Waals surface area contributed by atoms with Crippen LogP contribution in [0.1, 0.15) is 67.8 Å². The average Bonchev–Trinajstić information content (AvgIpc) is 3.10. The molecule has 1 aromatic heterocycles. The van der Waals surface area contributed by atoms with Gasteiger partial charge in [-0.2, -0.15) is 5.10 Å². The van der Waals surface area contributed by atoms with Gasteiger partial charge in [-0.3, -0.25) is 9.48 Å². The van der Waals surface area contributed by atoms with Gasteiger partial charge in [-0.05, 0) is 69.1 Å². The molecule has 6 heteroatoms. The standard InChI is InChI=1S/C20H27N3O3/c24-18(25)16-11-21-23(12-16)17-1-3-22(4-2-17)19(26)20-8-13-5-14(9-20)7-15(6-13)10-20/h11-15,17H,1-10H2,(H,24,25). The van der Waals surface area contributed by atoms with Gasteiger partial charge in [0.15, 0.2) is 0 Å². The molecule has 2 heterocycles. The zero-order valence-corrected chi connectivity index (χ0v) is 15.1. The number of likely N-dealkylation sites (tertiary alicyclic amines) is 1. The topological polar surface area (TPSA) is 75.4 Å².